The van der Waals surface area contributed by atoms with Crippen LogP contribution >= 0.6 is 15.9 Å². The number of halogens is 1. The maximum atomic E-state index is 12.2. The van der Waals surface area contributed by atoms with Crippen molar-refractivity contribution in [3.05, 3.63) is 56.4 Å². The lowest BCUT2D eigenvalue weighted by Crippen LogP contribution is -2.46. The van der Waals surface area contributed by atoms with Gasteiger partial charge in [0, 0.05) is 55.5 Å². The van der Waals surface area contributed by atoms with E-state index < -0.39 is 0 Å². The molecule has 2 aliphatic rings. The molecule has 3 heterocycles. The Kier molecular flexibility index (Phi) is 4.80. The Morgan fingerprint density at radius 3 is 2.69 bits per heavy atom. The minimum atomic E-state index is 0.131. The molecule has 1 aromatic carbocycles. The van der Waals surface area contributed by atoms with Crippen LogP contribution in [0.4, 0.5) is 0 Å². The van der Waals surface area contributed by atoms with E-state index in [1.165, 1.54) is 12.1 Å². The van der Waals surface area contributed by atoms with Crippen molar-refractivity contribution in [2.45, 2.75) is 25.4 Å². The molecule has 6 heteroatoms. The SMILES string of the molecule is COc1cc(OC)c(CN2C[C@@H]3C[C@H](C2)c2cccc(=O)n2C3)cc1Br. The Bertz CT molecular complexity index is 880. The molecule has 0 spiro atoms. The van der Waals surface area contributed by atoms with Gasteiger partial charge in [0.15, 0.2) is 0 Å². The van der Waals surface area contributed by atoms with Gasteiger partial charge in [0.2, 0.25) is 0 Å². The number of rotatable bonds is 4. The predicted octanol–water partition coefficient (Wildman–Crippen LogP) is 3.25. The van der Waals surface area contributed by atoms with Crippen molar-refractivity contribution in [1.29, 1.82) is 0 Å². The number of nitrogens with zero attached hydrogens (tertiary/aromatic N) is 2. The molecular formula is C20H23BrN2O3. The van der Waals surface area contributed by atoms with Gasteiger partial charge in [-0.2, -0.15) is 0 Å². The Balaban J connectivity index is 1.58. The number of likely N-dealkylation sites (tertiary alicyclic amines) is 1. The van der Waals surface area contributed by atoms with Gasteiger partial charge >= 0.3 is 0 Å². The number of piperidine rings is 1. The topological polar surface area (TPSA) is 43.7 Å². The summed E-state index contributed by atoms with van der Waals surface area (Å²) < 4.78 is 13.9. The maximum Gasteiger partial charge on any atom is 0.250 e. The molecule has 0 unspecified atom stereocenters. The van der Waals surface area contributed by atoms with E-state index in [1.54, 1.807) is 20.3 Å². The quantitative estimate of drug-likeness (QED) is 0.764. The van der Waals surface area contributed by atoms with E-state index in [9.17, 15) is 4.79 Å². The first-order chi connectivity index (χ1) is 12.6. The third-order valence-electron chi connectivity index (χ3n) is 5.50. The zero-order chi connectivity index (χ0) is 18.3. The van der Waals surface area contributed by atoms with Crippen LogP contribution in [0.5, 0.6) is 11.5 Å². The van der Waals surface area contributed by atoms with Gasteiger partial charge in [-0.25, -0.2) is 0 Å². The summed E-state index contributed by atoms with van der Waals surface area (Å²) in [5.74, 6) is 2.56. The standard InChI is InChI=1S/C20H23BrN2O3/c1-25-18-8-19(26-2)16(21)7-15(18)12-22-9-13-6-14(11-22)17-4-3-5-20(24)23(17)10-13/h3-5,7-8,13-14H,6,9-12H2,1-2H3/t13-,14+/m0/s1. The van der Waals surface area contributed by atoms with Gasteiger partial charge in [0.1, 0.15) is 11.5 Å². The number of pyridine rings is 1. The fraction of sp³-hybridized carbons (Fsp3) is 0.450. The molecule has 1 fully saturated rings. The third-order valence-corrected chi connectivity index (χ3v) is 6.12. The van der Waals surface area contributed by atoms with E-state index in [4.69, 9.17) is 9.47 Å². The Labute approximate surface area is 161 Å². The van der Waals surface area contributed by atoms with Crippen molar-refractivity contribution in [3.63, 3.8) is 0 Å². The van der Waals surface area contributed by atoms with Gasteiger partial charge in [0.05, 0.1) is 18.7 Å². The first-order valence-corrected chi connectivity index (χ1v) is 9.71. The molecule has 0 aliphatic carbocycles. The van der Waals surface area contributed by atoms with Crippen LogP contribution in [-0.2, 0) is 13.1 Å². The molecule has 0 N–H and O–H groups in total. The molecule has 0 amide bonds. The molecule has 2 aliphatic heterocycles. The van der Waals surface area contributed by atoms with E-state index >= 15 is 0 Å². The zero-order valence-corrected chi connectivity index (χ0v) is 16.7. The van der Waals surface area contributed by atoms with E-state index in [0.717, 1.165) is 47.7 Å². The van der Waals surface area contributed by atoms with Gasteiger partial charge < -0.3 is 14.0 Å². The second-order valence-electron chi connectivity index (χ2n) is 7.19. The Morgan fingerprint density at radius 2 is 1.92 bits per heavy atom. The number of methoxy groups -OCH3 is 2. The van der Waals surface area contributed by atoms with Gasteiger partial charge in [0.25, 0.3) is 5.56 Å². The van der Waals surface area contributed by atoms with Crippen LogP contribution in [0, 0.1) is 5.92 Å². The van der Waals surface area contributed by atoms with E-state index in [-0.39, 0.29) is 5.56 Å². The lowest BCUT2D eigenvalue weighted by Gasteiger charge is -2.43. The lowest BCUT2D eigenvalue weighted by molar-refractivity contribution is 0.113. The number of aromatic nitrogens is 1. The Morgan fingerprint density at radius 1 is 1.12 bits per heavy atom. The van der Waals surface area contributed by atoms with Crippen molar-refractivity contribution in [1.82, 2.24) is 9.47 Å². The van der Waals surface area contributed by atoms with Crippen LogP contribution in [0.2, 0.25) is 0 Å². The van der Waals surface area contributed by atoms with Crippen LogP contribution in [0.3, 0.4) is 0 Å². The van der Waals surface area contributed by atoms with E-state index in [1.807, 2.05) is 16.7 Å². The van der Waals surface area contributed by atoms with E-state index in [2.05, 4.69) is 33.0 Å². The summed E-state index contributed by atoms with van der Waals surface area (Å²) in [6.07, 6.45) is 1.17. The highest BCUT2D eigenvalue weighted by Gasteiger charge is 2.34. The first-order valence-electron chi connectivity index (χ1n) is 8.91. The molecule has 138 valence electrons. The number of benzene rings is 1. The summed E-state index contributed by atoms with van der Waals surface area (Å²) in [6, 6.07) is 9.68. The zero-order valence-electron chi connectivity index (χ0n) is 15.1. The number of ether oxygens (including phenoxy) is 2. The minimum Gasteiger partial charge on any atom is -0.496 e. The number of hydrogen-bond donors (Lipinski definition) is 0. The number of hydrogen-bond acceptors (Lipinski definition) is 4. The predicted molar refractivity (Wildman–Crippen MR) is 104 cm³/mol. The average Bonchev–Trinajstić information content (AvgIpc) is 2.63. The van der Waals surface area contributed by atoms with Crippen LogP contribution in [0.1, 0.15) is 23.6 Å². The van der Waals surface area contributed by atoms with Gasteiger partial charge in [-0.1, -0.05) is 6.07 Å². The van der Waals surface area contributed by atoms with Crippen molar-refractivity contribution in [3.8, 4) is 11.5 Å². The summed E-state index contributed by atoms with van der Waals surface area (Å²) in [5.41, 5.74) is 2.46. The molecule has 5 nitrogen and oxygen atoms in total. The van der Waals surface area contributed by atoms with Gasteiger partial charge in [-0.05, 0) is 40.4 Å². The lowest BCUT2D eigenvalue weighted by atomic mass is 9.83. The summed E-state index contributed by atoms with van der Waals surface area (Å²) in [7, 11) is 3.35. The summed E-state index contributed by atoms with van der Waals surface area (Å²) in [4.78, 5) is 14.6. The van der Waals surface area contributed by atoms with Crippen molar-refractivity contribution >= 4 is 15.9 Å². The molecule has 26 heavy (non-hydrogen) atoms. The molecule has 2 aromatic rings. The van der Waals surface area contributed by atoms with Crippen molar-refractivity contribution in [2.75, 3.05) is 27.3 Å². The second kappa shape index (κ2) is 7.08. The molecule has 2 bridgehead atoms. The molecule has 2 atom stereocenters. The molecule has 1 saturated heterocycles. The average molecular weight is 419 g/mol. The van der Waals surface area contributed by atoms with Gasteiger partial charge in [-0.15, -0.1) is 0 Å². The fourth-order valence-corrected chi connectivity index (χ4v) is 4.96. The summed E-state index contributed by atoms with van der Waals surface area (Å²) >= 11 is 3.58. The first kappa shape index (κ1) is 17.6. The molecule has 1 aromatic heterocycles. The van der Waals surface area contributed by atoms with Crippen LogP contribution in [0.15, 0.2) is 39.6 Å². The monoisotopic (exact) mass is 418 g/mol. The van der Waals surface area contributed by atoms with Crippen LogP contribution < -0.4 is 15.0 Å². The van der Waals surface area contributed by atoms with Crippen molar-refractivity contribution < 1.29 is 9.47 Å². The molecule has 0 saturated carbocycles. The highest BCUT2D eigenvalue weighted by atomic mass is 79.9. The fourth-order valence-electron chi connectivity index (χ4n) is 4.41. The van der Waals surface area contributed by atoms with Gasteiger partial charge in [-0.3, -0.25) is 9.69 Å². The summed E-state index contributed by atoms with van der Waals surface area (Å²) in [5, 5.41) is 0. The molecule has 0 radical (unpaired) electrons. The third kappa shape index (κ3) is 3.16. The smallest absolute Gasteiger partial charge is 0.250 e. The largest absolute Gasteiger partial charge is 0.496 e. The minimum absolute atomic E-state index is 0.131. The van der Waals surface area contributed by atoms with Crippen LogP contribution in [-0.4, -0.2) is 36.8 Å². The number of fused-ring (bicyclic) bond motifs is 4. The highest BCUT2D eigenvalue weighted by Crippen LogP contribution is 2.38. The van der Waals surface area contributed by atoms with E-state index in [0.29, 0.717) is 11.8 Å². The van der Waals surface area contributed by atoms with Crippen LogP contribution in [0.25, 0.3) is 0 Å². The second-order valence-corrected chi connectivity index (χ2v) is 8.05. The van der Waals surface area contributed by atoms with Crippen molar-refractivity contribution in [2.24, 2.45) is 5.92 Å². The molecular weight excluding hydrogens is 396 g/mol. The molecule has 4 rings (SSSR count). The normalized spacial score (nSPS) is 22.0. The Hall–Kier alpha value is -1.79. The maximum absolute atomic E-state index is 12.2. The highest BCUT2D eigenvalue weighted by molar-refractivity contribution is 9.10. The summed E-state index contributed by atoms with van der Waals surface area (Å²) in [6.45, 7) is 3.62.